The van der Waals surface area contributed by atoms with E-state index in [1.165, 1.54) is 109 Å². The van der Waals surface area contributed by atoms with Crippen LogP contribution in [0.3, 0.4) is 0 Å². The number of furan rings is 2. The summed E-state index contributed by atoms with van der Waals surface area (Å²) in [4.78, 5) is 0. The zero-order valence-electron chi connectivity index (χ0n) is 46.7. The number of fused-ring (bicyclic) bond motifs is 12. The number of hydrogen-bond acceptors (Lipinski definition) is 2. The van der Waals surface area contributed by atoms with E-state index in [2.05, 4.69) is 303 Å². The Hall–Kier alpha value is -11.3. The molecule has 86 heavy (non-hydrogen) atoms. The molecule has 0 unspecified atom stereocenters. The van der Waals surface area contributed by atoms with E-state index in [4.69, 9.17) is 8.83 Å². The van der Waals surface area contributed by atoms with Crippen LogP contribution in [0.4, 0.5) is 0 Å². The summed E-state index contributed by atoms with van der Waals surface area (Å²) in [6.07, 6.45) is 0. The van der Waals surface area contributed by atoms with Crippen LogP contribution in [0.15, 0.2) is 312 Å². The molecule has 2 heteroatoms. The second kappa shape index (κ2) is 19.1. The van der Waals surface area contributed by atoms with Crippen LogP contribution in [0.5, 0.6) is 0 Å². The lowest BCUT2D eigenvalue weighted by Crippen LogP contribution is -1.92. The van der Waals surface area contributed by atoms with Crippen LogP contribution in [0.1, 0.15) is 0 Å². The first-order valence-corrected chi connectivity index (χ1v) is 29.6. The largest absolute Gasteiger partial charge is 0.456 e. The third-order valence-electron chi connectivity index (χ3n) is 18.2. The van der Waals surface area contributed by atoms with Gasteiger partial charge >= 0.3 is 0 Å². The Morgan fingerprint density at radius 2 is 0.547 bits per heavy atom. The zero-order chi connectivity index (χ0) is 56.4. The van der Waals surface area contributed by atoms with E-state index in [1.54, 1.807) is 0 Å². The minimum absolute atomic E-state index is 0.875. The number of benzene rings is 16. The SMILES string of the molecule is c1ccc(-c2cccc(-c3c4ccccc4c(-c4ccc(-c5ccc(-c6ccc(-c7c8ccccc8c(-c8cccc9oc%10cc%11ccccc%11cc%10c89)c8ccccc78)cc6)cc5)c5oc6cc7ccccc7cc6c45)c4ccccc34)c2)cc1. The van der Waals surface area contributed by atoms with Crippen molar-refractivity contribution in [3.8, 4) is 77.9 Å². The predicted octanol–water partition coefficient (Wildman–Crippen LogP) is 24.1. The number of rotatable bonds is 7. The van der Waals surface area contributed by atoms with Crippen molar-refractivity contribution < 1.29 is 8.83 Å². The molecule has 0 saturated heterocycles. The van der Waals surface area contributed by atoms with Crippen LogP contribution >= 0.6 is 0 Å². The molecule has 0 aliphatic rings. The molecule has 0 atom stereocenters. The topological polar surface area (TPSA) is 26.3 Å². The average molecular weight is 1090 g/mol. The molecular formula is C84H50O2. The van der Waals surface area contributed by atoms with Crippen LogP contribution in [-0.4, -0.2) is 0 Å². The van der Waals surface area contributed by atoms with Crippen molar-refractivity contribution in [2.24, 2.45) is 0 Å². The molecule has 0 saturated carbocycles. The maximum absolute atomic E-state index is 7.19. The Bertz CT molecular complexity index is 5690. The van der Waals surface area contributed by atoms with E-state index in [-0.39, 0.29) is 0 Å². The summed E-state index contributed by atoms with van der Waals surface area (Å²) in [5.74, 6) is 0. The highest BCUT2D eigenvalue weighted by Gasteiger charge is 2.25. The van der Waals surface area contributed by atoms with Crippen molar-refractivity contribution in [1.29, 1.82) is 0 Å². The molecule has 18 aromatic rings. The summed E-state index contributed by atoms with van der Waals surface area (Å²) in [5, 5.41) is 18.9. The van der Waals surface area contributed by atoms with Gasteiger partial charge < -0.3 is 8.83 Å². The maximum atomic E-state index is 7.19. The lowest BCUT2D eigenvalue weighted by Gasteiger charge is -2.19. The molecule has 0 N–H and O–H groups in total. The van der Waals surface area contributed by atoms with Crippen LogP contribution < -0.4 is 0 Å². The van der Waals surface area contributed by atoms with Crippen molar-refractivity contribution in [2.45, 2.75) is 0 Å². The Kier molecular flexibility index (Phi) is 10.7. The highest BCUT2D eigenvalue weighted by Crippen LogP contribution is 2.51. The van der Waals surface area contributed by atoms with Gasteiger partial charge in [-0.15, -0.1) is 0 Å². The van der Waals surface area contributed by atoms with Crippen LogP contribution in [0.2, 0.25) is 0 Å². The minimum Gasteiger partial charge on any atom is -0.456 e. The quantitative estimate of drug-likeness (QED) is 0.149. The highest BCUT2D eigenvalue weighted by atomic mass is 16.3. The average Bonchev–Trinajstić information content (AvgIpc) is 1.71. The van der Waals surface area contributed by atoms with Gasteiger partial charge in [0.15, 0.2) is 0 Å². The van der Waals surface area contributed by atoms with E-state index in [9.17, 15) is 0 Å². The van der Waals surface area contributed by atoms with E-state index in [0.29, 0.717) is 0 Å². The summed E-state index contributed by atoms with van der Waals surface area (Å²) in [6.45, 7) is 0. The first kappa shape index (κ1) is 48.2. The Morgan fingerprint density at radius 1 is 0.174 bits per heavy atom. The molecule has 0 radical (unpaired) electrons. The summed E-state index contributed by atoms with van der Waals surface area (Å²) < 4.78 is 13.8. The van der Waals surface area contributed by atoms with Crippen molar-refractivity contribution in [3.63, 3.8) is 0 Å². The normalized spacial score (nSPS) is 12.0. The van der Waals surface area contributed by atoms with Gasteiger partial charge in [-0.1, -0.05) is 261 Å². The van der Waals surface area contributed by atoms with Crippen LogP contribution in [-0.2, 0) is 0 Å². The third kappa shape index (κ3) is 7.46. The molecule has 2 heterocycles. The van der Waals surface area contributed by atoms with Crippen molar-refractivity contribution in [3.05, 3.63) is 303 Å². The lowest BCUT2D eigenvalue weighted by atomic mass is 9.84. The molecule has 0 amide bonds. The summed E-state index contributed by atoms with van der Waals surface area (Å²) in [6, 6.07) is 111. The molecule has 2 aromatic heterocycles. The molecule has 18 rings (SSSR count). The molecule has 0 aliphatic carbocycles. The summed E-state index contributed by atoms with van der Waals surface area (Å²) >= 11 is 0. The van der Waals surface area contributed by atoms with Gasteiger partial charge in [-0.25, -0.2) is 0 Å². The Morgan fingerprint density at radius 3 is 1.09 bits per heavy atom. The Labute approximate surface area is 495 Å². The highest BCUT2D eigenvalue weighted by molar-refractivity contribution is 6.29. The van der Waals surface area contributed by atoms with E-state index in [0.717, 1.165) is 77.1 Å². The van der Waals surface area contributed by atoms with Gasteiger partial charge in [-0.3, -0.25) is 0 Å². The third-order valence-corrected chi connectivity index (χ3v) is 18.2. The smallest absolute Gasteiger partial charge is 0.143 e. The number of hydrogen-bond donors (Lipinski definition) is 0. The molecule has 398 valence electrons. The van der Waals surface area contributed by atoms with Crippen molar-refractivity contribution in [1.82, 2.24) is 0 Å². The van der Waals surface area contributed by atoms with Gasteiger partial charge in [0.1, 0.15) is 22.3 Å². The van der Waals surface area contributed by atoms with Crippen molar-refractivity contribution >= 4 is 109 Å². The molecule has 16 aromatic carbocycles. The molecule has 0 spiro atoms. The zero-order valence-corrected chi connectivity index (χ0v) is 46.7. The fourth-order valence-corrected chi connectivity index (χ4v) is 14.3. The molecule has 0 bridgehead atoms. The fourth-order valence-electron chi connectivity index (χ4n) is 14.3. The first-order valence-electron chi connectivity index (χ1n) is 29.6. The molecular weight excluding hydrogens is 1040 g/mol. The van der Waals surface area contributed by atoms with Gasteiger partial charge in [0.25, 0.3) is 0 Å². The first-order chi connectivity index (χ1) is 42.6. The van der Waals surface area contributed by atoms with Gasteiger partial charge in [-0.2, -0.15) is 0 Å². The van der Waals surface area contributed by atoms with E-state index in [1.807, 2.05) is 0 Å². The van der Waals surface area contributed by atoms with E-state index < -0.39 is 0 Å². The standard InChI is InChI=1S/C84H50O2/c1-2-18-51(19-3-1)56-24-16-25-61(46-56)79-65-28-10-14-32-69(65)81(70-33-15-11-29-66(70)79)72-45-44-62(84-83(72)74-48-58-21-5-7-23-60(58)50-77(74)86-84)54-40-36-52(37-41-54)53-38-42-55(43-39-53)78-63-26-8-12-30-67(63)80(68-31-13-9-27-64(68)78)71-34-17-35-75-82(71)73-47-57-20-4-6-22-59(57)49-76(73)85-75/h1-50H. The lowest BCUT2D eigenvalue weighted by molar-refractivity contribution is 0.669. The molecule has 0 fully saturated rings. The second-order valence-corrected chi connectivity index (χ2v) is 22.9. The fraction of sp³-hybridized carbons (Fsp3) is 0. The molecule has 2 nitrogen and oxygen atoms in total. The predicted molar refractivity (Wildman–Crippen MR) is 364 cm³/mol. The summed E-state index contributed by atoms with van der Waals surface area (Å²) in [7, 11) is 0. The van der Waals surface area contributed by atoms with E-state index >= 15 is 0 Å². The maximum Gasteiger partial charge on any atom is 0.143 e. The van der Waals surface area contributed by atoms with Gasteiger partial charge in [0.05, 0.1) is 0 Å². The van der Waals surface area contributed by atoms with Crippen molar-refractivity contribution in [2.75, 3.05) is 0 Å². The minimum atomic E-state index is 0.875. The van der Waals surface area contributed by atoms with Crippen LogP contribution in [0.25, 0.3) is 186 Å². The monoisotopic (exact) mass is 1090 g/mol. The van der Waals surface area contributed by atoms with Crippen LogP contribution in [0, 0.1) is 0 Å². The second-order valence-electron chi connectivity index (χ2n) is 22.9. The van der Waals surface area contributed by atoms with Gasteiger partial charge in [0.2, 0.25) is 0 Å². The molecule has 0 aliphatic heterocycles. The Balaban J connectivity index is 0.753. The van der Waals surface area contributed by atoms with Gasteiger partial charge in [-0.05, 0) is 179 Å². The summed E-state index contributed by atoms with van der Waals surface area (Å²) in [5.41, 5.74) is 20.0. The van der Waals surface area contributed by atoms with Gasteiger partial charge in [0, 0.05) is 27.1 Å².